The van der Waals surface area contributed by atoms with Gasteiger partial charge in [-0.15, -0.1) is 0 Å². The van der Waals surface area contributed by atoms with Crippen LogP contribution in [-0.4, -0.2) is 27.2 Å². The lowest BCUT2D eigenvalue weighted by atomic mass is 10.5. The summed E-state index contributed by atoms with van der Waals surface area (Å²) in [5.41, 5.74) is 0. The van der Waals surface area contributed by atoms with Crippen molar-refractivity contribution in [3.63, 3.8) is 0 Å². The van der Waals surface area contributed by atoms with Crippen molar-refractivity contribution in [2.24, 2.45) is 0 Å². The zero-order valence-electron chi connectivity index (χ0n) is 6.86. The van der Waals surface area contributed by atoms with Gasteiger partial charge in [0.15, 0.2) is 0 Å². The molecule has 0 radical (unpaired) electrons. The van der Waals surface area contributed by atoms with E-state index in [1.807, 2.05) is 0 Å². The molecule has 0 fully saturated rings. The highest BCUT2D eigenvalue weighted by Gasteiger charge is 1.87. The first-order valence-corrected chi connectivity index (χ1v) is 2.79. The zero-order valence-corrected chi connectivity index (χ0v) is 6.86. The molecule has 0 heterocycles. The van der Waals surface area contributed by atoms with Crippen molar-refractivity contribution in [2.75, 3.05) is 21.2 Å². The first kappa shape index (κ1) is 22.5. The molecule has 12 heavy (non-hydrogen) atoms. The number of hydrogen-bond donors (Lipinski definition) is 0. The highest BCUT2D eigenvalue weighted by Crippen LogP contribution is 1.76. The summed E-state index contributed by atoms with van der Waals surface area (Å²) < 4.78 is 33.0. The number of methoxy groups -OCH3 is 1. The number of carbonyl (C=O) groups excluding carboxylic acids is 1. The Morgan fingerprint density at radius 3 is 1.58 bits per heavy atom. The molecular weight excluding hydrogens is 173 g/mol. The van der Waals surface area contributed by atoms with Gasteiger partial charge in [-0.25, -0.2) is 8.78 Å². The standard InChI is InChI=1S/C4H8O2.CH2F2.CH3F.CH4/c1-3-4(5)6-2;2-1-3;1-2;/h3H2,1-2H3;1H2;1H3;1H4. The maximum Gasteiger partial charge on any atom is 0.305 e. The first-order chi connectivity index (χ1) is 5.22. The van der Waals surface area contributed by atoms with Crippen molar-refractivity contribution < 1.29 is 22.7 Å². The van der Waals surface area contributed by atoms with Crippen molar-refractivity contribution in [1.82, 2.24) is 0 Å². The molecule has 0 N–H and O–H groups in total. The van der Waals surface area contributed by atoms with Gasteiger partial charge >= 0.3 is 5.97 Å². The van der Waals surface area contributed by atoms with Crippen LogP contribution in [0.4, 0.5) is 13.2 Å². The molecule has 0 aromatic heterocycles. The highest BCUT2D eigenvalue weighted by atomic mass is 19.3. The van der Waals surface area contributed by atoms with Crippen LogP contribution in [0.2, 0.25) is 0 Å². The molecule has 0 aliphatic heterocycles. The second-order valence-electron chi connectivity index (χ2n) is 1.03. The van der Waals surface area contributed by atoms with Crippen LogP contribution in [0.3, 0.4) is 0 Å². The smallest absolute Gasteiger partial charge is 0.305 e. The molecule has 0 atom stereocenters. The SMILES string of the molecule is C.CCC(=O)OC.CF.FCF. The second kappa shape index (κ2) is 31.8. The van der Waals surface area contributed by atoms with Crippen molar-refractivity contribution in [3.8, 4) is 0 Å². The molecule has 0 aliphatic carbocycles. The molecule has 0 saturated carbocycles. The number of rotatable bonds is 1. The number of halogens is 3. The summed E-state index contributed by atoms with van der Waals surface area (Å²) in [6.07, 6.45) is 0.469. The number of esters is 1. The Balaban J connectivity index is -0.0000000462. The Labute approximate surface area is 71.7 Å². The van der Waals surface area contributed by atoms with Crippen molar-refractivity contribution in [1.29, 1.82) is 0 Å². The summed E-state index contributed by atoms with van der Waals surface area (Å²) in [5, 5.41) is 0. The molecule has 0 spiro atoms. The van der Waals surface area contributed by atoms with E-state index in [4.69, 9.17) is 0 Å². The van der Waals surface area contributed by atoms with Crippen molar-refractivity contribution in [2.45, 2.75) is 20.8 Å². The predicted octanol–water partition coefficient (Wildman–Crippen LogP) is 2.67. The van der Waals surface area contributed by atoms with Gasteiger partial charge in [0.1, 0.15) is 0 Å². The number of hydrogen-bond acceptors (Lipinski definition) is 2. The molecular formula is C7H17F3O2. The van der Waals surface area contributed by atoms with E-state index in [1.165, 1.54) is 7.11 Å². The molecule has 2 nitrogen and oxygen atoms in total. The molecule has 0 unspecified atom stereocenters. The molecule has 0 amide bonds. The van der Waals surface area contributed by atoms with Gasteiger partial charge < -0.3 is 4.74 Å². The van der Waals surface area contributed by atoms with Crippen LogP contribution in [0.1, 0.15) is 20.8 Å². The summed E-state index contributed by atoms with van der Waals surface area (Å²) in [5.74, 6) is -0.157. The molecule has 0 aromatic carbocycles. The molecule has 0 rings (SSSR count). The van der Waals surface area contributed by atoms with Crippen LogP contribution in [0.15, 0.2) is 0 Å². The molecule has 0 bridgehead atoms. The second-order valence-corrected chi connectivity index (χ2v) is 1.03. The summed E-state index contributed by atoms with van der Waals surface area (Å²) >= 11 is 0. The first-order valence-electron chi connectivity index (χ1n) is 2.79. The van der Waals surface area contributed by atoms with Crippen LogP contribution in [0.25, 0.3) is 0 Å². The minimum absolute atomic E-state index is 0. The lowest BCUT2D eigenvalue weighted by molar-refractivity contribution is -0.140. The minimum Gasteiger partial charge on any atom is -0.469 e. The van der Waals surface area contributed by atoms with Gasteiger partial charge in [-0.1, -0.05) is 14.4 Å². The van der Waals surface area contributed by atoms with E-state index in [9.17, 15) is 18.0 Å². The Hall–Kier alpha value is -0.740. The van der Waals surface area contributed by atoms with Gasteiger partial charge in [0.2, 0.25) is 6.93 Å². The van der Waals surface area contributed by atoms with E-state index in [1.54, 1.807) is 6.92 Å². The lowest BCUT2D eigenvalue weighted by Gasteiger charge is -1.87. The Morgan fingerprint density at radius 2 is 1.58 bits per heavy atom. The number of ether oxygens (including phenoxy) is 1. The van der Waals surface area contributed by atoms with Crippen LogP contribution >= 0.6 is 0 Å². The third kappa shape index (κ3) is 59.4. The van der Waals surface area contributed by atoms with E-state index in [0.717, 1.165) is 0 Å². The van der Waals surface area contributed by atoms with Gasteiger partial charge in [0.25, 0.3) is 0 Å². The van der Waals surface area contributed by atoms with Crippen LogP contribution < -0.4 is 0 Å². The number of alkyl halides is 3. The van der Waals surface area contributed by atoms with E-state index in [-0.39, 0.29) is 13.4 Å². The molecule has 78 valence electrons. The topological polar surface area (TPSA) is 26.3 Å². The summed E-state index contributed by atoms with van der Waals surface area (Å²) in [6.45, 7) is 0.00579. The summed E-state index contributed by atoms with van der Waals surface area (Å²) in [6, 6.07) is 0. The highest BCUT2D eigenvalue weighted by molar-refractivity contribution is 5.68. The lowest BCUT2D eigenvalue weighted by Crippen LogP contribution is -1.94. The Bertz CT molecular complexity index is 63.7. The summed E-state index contributed by atoms with van der Waals surface area (Å²) in [7, 11) is 1.88. The maximum atomic E-state index is 9.96. The summed E-state index contributed by atoms with van der Waals surface area (Å²) in [4.78, 5) is 9.96. The minimum atomic E-state index is -1.75. The molecule has 0 aliphatic rings. The molecule has 0 aromatic rings. The maximum absolute atomic E-state index is 9.96. The predicted molar refractivity (Wildman–Crippen MR) is 43.2 cm³/mol. The molecule has 0 saturated heterocycles. The zero-order chi connectivity index (χ0) is 9.70. The molecule has 5 heteroatoms. The Morgan fingerprint density at radius 1 is 1.33 bits per heavy atom. The number of carbonyl (C=O) groups is 1. The van der Waals surface area contributed by atoms with E-state index < -0.39 is 6.93 Å². The van der Waals surface area contributed by atoms with E-state index in [2.05, 4.69) is 4.74 Å². The van der Waals surface area contributed by atoms with Gasteiger partial charge in [0, 0.05) is 6.42 Å². The fourth-order valence-corrected chi connectivity index (χ4v) is 0.144. The van der Waals surface area contributed by atoms with Crippen LogP contribution in [0.5, 0.6) is 0 Å². The third-order valence-electron chi connectivity index (χ3n) is 0.516. The van der Waals surface area contributed by atoms with E-state index >= 15 is 0 Å². The normalized spacial score (nSPS) is 5.83. The Kier molecular flexibility index (Phi) is 59.6. The van der Waals surface area contributed by atoms with Crippen molar-refractivity contribution in [3.05, 3.63) is 0 Å². The average molecular weight is 190 g/mol. The van der Waals surface area contributed by atoms with Gasteiger partial charge in [-0.3, -0.25) is 9.18 Å². The fraction of sp³-hybridized carbons (Fsp3) is 0.857. The van der Waals surface area contributed by atoms with Crippen molar-refractivity contribution >= 4 is 5.97 Å². The van der Waals surface area contributed by atoms with Crippen LogP contribution in [0, 0.1) is 0 Å². The average Bonchev–Trinajstić information content (AvgIpc) is 2.08. The fourth-order valence-electron chi connectivity index (χ4n) is 0.144. The van der Waals surface area contributed by atoms with Crippen LogP contribution in [-0.2, 0) is 9.53 Å². The largest absolute Gasteiger partial charge is 0.469 e. The van der Waals surface area contributed by atoms with Gasteiger partial charge in [0.05, 0.1) is 14.3 Å². The quantitative estimate of drug-likeness (QED) is 0.594. The van der Waals surface area contributed by atoms with E-state index in [0.29, 0.717) is 13.6 Å². The monoisotopic (exact) mass is 190 g/mol. The van der Waals surface area contributed by atoms with Gasteiger partial charge in [-0.05, 0) is 0 Å². The van der Waals surface area contributed by atoms with Gasteiger partial charge in [-0.2, -0.15) is 0 Å². The third-order valence-corrected chi connectivity index (χ3v) is 0.516.